The van der Waals surface area contributed by atoms with Crippen molar-refractivity contribution in [2.24, 2.45) is 5.73 Å². The molecule has 0 saturated heterocycles. The number of hydrogen-bond acceptors (Lipinski definition) is 5. The van der Waals surface area contributed by atoms with E-state index in [1.165, 1.54) is 0 Å². The van der Waals surface area contributed by atoms with Gasteiger partial charge in [0.05, 0.1) is 7.11 Å². The topological polar surface area (TPSA) is 119 Å². The Hall–Kier alpha value is -2.32. The smallest absolute Gasteiger partial charge is 0.328 e. The number of rotatable bonds is 9. The van der Waals surface area contributed by atoms with Crippen LogP contribution in [0.3, 0.4) is 0 Å². The third-order valence-electron chi connectivity index (χ3n) is 4.83. The Kier molecular flexibility index (Phi) is 11.3. The predicted octanol–water partition coefficient (Wildman–Crippen LogP) is 4.42. The van der Waals surface area contributed by atoms with E-state index in [-0.39, 0.29) is 0 Å². The summed E-state index contributed by atoms with van der Waals surface area (Å²) in [7, 11) is -0.269. The van der Waals surface area contributed by atoms with E-state index >= 15 is 0 Å². The first-order valence-electron chi connectivity index (χ1n) is 9.62. The van der Waals surface area contributed by atoms with Gasteiger partial charge in [0.1, 0.15) is 5.75 Å². The second-order valence-electron chi connectivity index (χ2n) is 7.62. The van der Waals surface area contributed by atoms with Crippen LogP contribution in [-0.4, -0.2) is 37.6 Å². The van der Waals surface area contributed by atoms with Crippen LogP contribution in [0.1, 0.15) is 47.1 Å². The van der Waals surface area contributed by atoms with Gasteiger partial charge < -0.3 is 25.1 Å². The Morgan fingerprint density at radius 2 is 1.41 bits per heavy atom. The molecule has 1 aromatic carbocycles. The van der Waals surface area contributed by atoms with Gasteiger partial charge >= 0.3 is 11.9 Å². The molecule has 0 aliphatic rings. The van der Waals surface area contributed by atoms with E-state index in [1.54, 1.807) is 7.11 Å². The predicted molar refractivity (Wildman–Crippen MR) is 117 cm³/mol. The zero-order valence-corrected chi connectivity index (χ0v) is 19.4. The Bertz CT molecular complexity index is 663. The van der Waals surface area contributed by atoms with Crippen molar-refractivity contribution in [3.05, 3.63) is 35.9 Å². The third-order valence-corrected chi connectivity index (χ3v) is 10.8. The van der Waals surface area contributed by atoms with Crippen molar-refractivity contribution >= 4 is 20.3 Å². The molecule has 7 nitrogen and oxygen atoms in total. The number of ether oxygens (including phenoxy) is 1. The van der Waals surface area contributed by atoms with Crippen LogP contribution in [0.4, 0.5) is 0 Å². The van der Waals surface area contributed by atoms with Crippen LogP contribution >= 0.6 is 0 Å². The summed E-state index contributed by atoms with van der Waals surface area (Å²) in [6, 6.07) is 6.02. The number of aliphatic carboxylic acids is 2. The number of nitrogens with two attached hydrogens (primary N) is 1. The third kappa shape index (κ3) is 7.90. The lowest BCUT2D eigenvalue weighted by Gasteiger charge is -2.42. The highest BCUT2D eigenvalue weighted by Gasteiger charge is 2.47. The Morgan fingerprint density at radius 1 is 0.966 bits per heavy atom. The van der Waals surface area contributed by atoms with Crippen LogP contribution < -0.4 is 14.9 Å². The maximum Gasteiger partial charge on any atom is 0.328 e. The van der Waals surface area contributed by atoms with Crippen LogP contribution in [0.25, 0.3) is 0 Å². The lowest BCUT2D eigenvalue weighted by atomic mass is 10.2. The summed E-state index contributed by atoms with van der Waals surface area (Å²) in [6.07, 6.45) is 1.12. The standard InChI is InChI=1S/C17H31NO2Si.C4H4O4/c1-12(2)21(13(3)4,14(5)6)20-16-9-8-15(11-18)10-17(16)19-7;5-3(6)1-2-4(7)8/h8-10,12-14H,11,18H2,1-7H3;1-2H,(H,5,6)(H,7,8). The van der Waals surface area contributed by atoms with Gasteiger partial charge in [-0.1, -0.05) is 47.6 Å². The first-order chi connectivity index (χ1) is 13.4. The Balaban J connectivity index is 0.000000828. The van der Waals surface area contributed by atoms with E-state index in [9.17, 15) is 9.59 Å². The fraction of sp³-hybridized carbons (Fsp3) is 0.524. The lowest BCUT2D eigenvalue weighted by molar-refractivity contribution is -0.134. The highest BCUT2D eigenvalue weighted by molar-refractivity contribution is 6.78. The molecule has 0 aliphatic heterocycles. The van der Waals surface area contributed by atoms with Gasteiger partial charge in [-0.15, -0.1) is 0 Å². The molecule has 0 aromatic heterocycles. The van der Waals surface area contributed by atoms with E-state index in [0.717, 1.165) is 17.1 Å². The van der Waals surface area contributed by atoms with Gasteiger partial charge in [0.15, 0.2) is 5.75 Å². The van der Waals surface area contributed by atoms with Crippen molar-refractivity contribution < 1.29 is 29.0 Å². The van der Waals surface area contributed by atoms with Crippen molar-refractivity contribution in [1.82, 2.24) is 0 Å². The monoisotopic (exact) mass is 425 g/mol. The molecule has 164 valence electrons. The summed E-state index contributed by atoms with van der Waals surface area (Å²) in [5, 5.41) is 15.6. The van der Waals surface area contributed by atoms with Crippen LogP contribution in [-0.2, 0) is 16.1 Å². The summed E-state index contributed by atoms with van der Waals surface area (Å²) >= 11 is 0. The molecule has 1 aromatic rings. The Labute approximate surface area is 174 Å². The normalized spacial score (nSPS) is 11.6. The quantitative estimate of drug-likeness (QED) is 0.396. The fourth-order valence-corrected chi connectivity index (χ4v) is 8.87. The van der Waals surface area contributed by atoms with Crippen molar-refractivity contribution in [2.75, 3.05) is 7.11 Å². The van der Waals surface area contributed by atoms with E-state index in [1.807, 2.05) is 18.2 Å². The van der Waals surface area contributed by atoms with E-state index in [4.69, 9.17) is 25.1 Å². The van der Waals surface area contributed by atoms with Gasteiger partial charge in [-0.25, -0.2) is 9.59 Å². The summed E-state index contributed by atoms with van der Waals surface area (Å²) < 4.78 is 12.2. The molecular weight excluding hydrogens is 390 g/mol. The first kappa shape index (κ1) is 26.7. The summed E-state index contributed by atoms with van der Waals surface area (Å²) in [6.45, 7) is 14.2. The SMILES string of the molecule is COc1cc(CN)ccc1O[Si](C(C)C)(C(C)C)C(C)C.O=C(O)C=CC(=O)O. The van der Waals surface area contributed by atoms with E-state index in [2.05, 4.69) is 41.5 Å². The molecule has 0 unspecified atom stereocenters. The minimum atomic E-state index is -1.95. The highest BCUT2D eigenvalue weighted by Crippen LogP contribution is 2.44. The number of hydrogen-bond donors (Lipinski definition) is 3. The van der Waals surface area contributed by atoms with Crippen molar-refractivity contribution in [1.29, 1.82) is 0 Å². The second kappa shape index (κ2) is 12.3. The number of carboxylic acids is 2. The van der Waals surface area contributed by atoms with E-state index < -0.39 is 20.3 Å². The van der Waals surface area contributed by atoms with Gasteiger partial charge in [-0.05, 0) is 34.3 Å². The Morgan fingerprint density at radius 3 is 1.72 bits per heavy atom. The molecule has 0 saturated carbocycles. The molecule has 0 bridgehead atoms. The van der Waals surface area contributed by atoms with Crippen molar-refractivity contribution in [2.45, 2.75) is 64.7 Å². The maximum atomic E-state index is 9.55. The number of benzene rings is 1. The average Bonchev–Trinajstić information content (AvgIpc) is 2.63. The van der Waals surface area contributed by atoms with Gasteiger partial charge in [-0.3, -0.25) is 0 Å². The molecule has 0 amide bonds. The largest absolute Gasteiger partial charge is 0.540 e. The maximum absolute atomic E-state index is 9.55. The zero-order chi connectivity index (χ0) is 22.8. The molecule has 0 fully saturated rings. The summed E-state index contributed by atoms with van der Waals surface area (Å²) in [5.74, 6) is -0.867. The zero-order valence-electron chi connectivity index (χ0n) is 18.4. The molecule has 1 rings (SSSR count). The van der Waals surface area contributed by atoms with Crippen molar-refractivity contribution in [3.8, 4) is 11.5 Å². The van der Waals surface area contributed by atoms with Crippen LogP contribution in [0, 0.1) is 0 Å². The van der Waals surface area contributed by atoms with Gasteiger partial charge in [0, 0.05) is 18.7 Å². The molecule has 4 N–H and O–H groups in total. The lowest BCUT2D eigenvalue weighted by Crippen LogP contribution is -2.50. The molecule has 8 heteroatoms. The second-order valence-corrected chi connectivity index (χ2v) is 13.0. The van der Waals surface area contributed by atoms with Gasteiger partial charge in [0.2, 0.25) is 0 Å². The van der Waals surface area contributed by atoms with E-state index in [0.29, 0.717) is 35.3 Å². The number of carbonyl (C=O) groups is 2. The number of methoxy groups -OCH3 is 1. The molecule has 0 aliphatic carbocycles. The summed E-state index contributed by atoms with van der Waals surface area (Å²) in [4.78, 5) is 19.1. The molecule has 0 atom stereocenters. The summed E-state index contributed by atoms with van der Waals surface area (Å²) in [5.41, 5.74) is 8.38. The molecule has 0 radical (unpaired) electrons. The first-order valence-corrected chi connectivity index (χ1v) is 11.8. The number of carboxylic acid groups (broad SMARTS) is 2. The highest BCUT2D eigenvalue weighted by atomic mass is 28.4. The van der Waals surface area contributed by atoms with Gasteiger partial charge in [0.25, 0.3) is 8.32 Å². The minimum absolute atomic E-state index is 0.512. The van der Waals surface area contributed by atoms with Crippen LogP contribution in [0.5, 0.6) is 11.5 Å². The molecular formula is C21H35NO6Si. The minimum Gasteiger partial charge on any atom is -0.540 e. The van der Waals surface area contributed by atoms with Crippen molar-refractivity contribution in [3.63, 3.8) is 0 Å². The van der Waals surface area contributed by atoms with Gasteiger partial charge in [-0.2, -0.15) is 0 Å². The molecule has 0 heterocycles. The van der Waals surface area contributed by atoms with Crippen LogP contribution in [0.2, 0.25) is 16.6 Å². The molecule has 29 heavy (non-hydrogen) atoms. The fourth-order valence-electron chi connectivity index (χ4n) is 3.61. The average molecular weight is 426 g/mol. The van der Waals surface area contributed by atoms with Crippen LogP contribution in [0.15, 0.2) is 30.4 Å². The molecule has 0 spiro atoms.